The minimum atomic E-state index is -0.540. The molecule has 1 saturated heterocycles. The van der Waals surface area contributed by atoms with Crippen LogP contribution in [0.4, 0.5) is 4.79 Å². The van der Waals surface area contributed by atoms with Crippen molar-refractivity contribution in [3.8, 4) is 22.4 Å². The summed E-state index contributed by atoms with van der Waals surface area (Å²) in [4.78, 5) is 29.1. The highest BCUT2D eigenvalue weighted by atomic mass is 35.5. The van der Waals surface area contributed by atoms with E-state index in [2.05, 4.69) is 21.8 Å². The third-order valence-corrected chi connectivity index (χ3v) is 8.60. The van der Waals surface area contributed by atoms with E-state index in [1.54, 1.807) is 30.2 Å². The number of H-pyrrole nitrogens is 1. The third kappa shape index (κ3) is 6.32. The number of likely N-dealkylation sites (tertiary alicyclic amines) is 1. The molecule has 2 aromatic heterocycles. The second kappa shape index (κ2) is 12.6. The molecular weight excluding hydrogens is 580 g/mol. The second-order valence-electron chi connectivity index (χ2n) is 12.5. The lowest BCUT2D eigenvalue weighted by Gasteiger charge is -2.34. The summed E-state index contributed by atoms with van der Waals surface area (Å²) in [5.74, 6) is -0.0749. The number of nitrogens with zero attached hydrogens (tertiary/aromatic N) is 5. The summed E-state index contributed by atoms with van der Waals surface area (Å²) in [5.41, 5.74) is 6.30. The maximum absolute atomic E-state index is 13.0. The third-order valence-electron chi connectivity index (χ3n) is 8.11. The number of likely N-dealkylation sites (N-methyl/N-ethyl adjacent to an activating group) is 1. The SMILES string of the molecule is COCCN(C)C(=O)c1ccc(-c2nn(C3CCN(C(=O)OC(C)(C)C)CC3)c(C)c2-c2c(Cl)c(C)cc3[nH]ncc23)cc1. The van der Waals surface area contributed by atoms with E-state index in [1.807, 2.05) is 58.0 Å². The zero-order valence-corrected chi connectivity index (χ0v) is 27.3. The lowest BCUT2D eigenvalue weighted by atomic mass is 9.94. The van der Waals surface area contributed by atoms with Gasteiger partial charge in [0.05, 0.1) is 29.4 Å². The number of aromatic nitrogens is 4. The molecule has 3 heterocycles. The zero-order valence-electron chi connectivity index (χ0n) is 26.5. The number of halogens is 1. The van der Waals surface area contributed by atoms with Gasteiger partial charge in [-0.15, -0.1) is 0 Å². The standard InChI is InChI=1S/C33H41ClN6O4/c1-20-18-26-25(19-35-36-26)28(29(20)34)27-21(2)40(24-12-14-39(15-13-24)32(42)44-33(3,4)5)37-30(27)22-8-10-23(11-9-22)31(41)38(6)16-17-43-7/h8-11,18-19,24H,12-17H2,1-7H3,(H,35,36). The van der Waals surface area contributed by atoms with E-state index in [-0.39, 0.29) is 18.0 Å². The van der Waals surface area contributed by atoms with Gasteiger partial charge < -0.3 is 19.3 Å². The topological polar surface area (TPSA) is 106 Å². The number of hydrogen-bond donors (Lipinski definition) is 1. The molecule has 0 unspecified atom stereocenters. The molecule has 44 heavy (non-hydrogen) atoms. The Labute approximate surface area is 263 Å². The number of piperidine rings is 1. The molecule has 2 aromatic carbocycles. The van der Waals surface area contributed by atoms with E-state index in [9.17, 15) is 9.59 Å². The van der Waals surface area contributed by atoms with Crippen LogP contribution in [-0.4, -0.2) is 87.8 Å². The van der Waals surface area contributed by atoms with Crippen molar-refractivity contribution in [3.63, 3.8) is 0 Å². The van der Waals surface area contributed by atoms with Crippen LogP contribution in [0.5, 0.6) is 0 Å². The van der Waals surface area contributed by atoms with Gasteiger partial charge in [-0.05, 0) is 71.2 Å². The average Bonchev–Trinajstić information content (AvgIpc) is 3.59. The molecule has 1 aliphatic heterocycles. The first-order chi connectivity index (χ1) is 20.9. The van der Waals surface area contributed by atoms with E-state index in [0.717, 1.165) is 57.4 Å². The summed E-state index contributed by atoms with van der Waals surface area (Å²) in [5, 5.41) is 14.2. The fraction of sp³-hybridized carbons (Fsp3) is 0.455. The van der Waals surface area contributed by atoms with Crippen LogP contribution in [0.3, 0.4) is 0 Å². The number of aryl methyl sites for hydroxylation is 1. The highest BCUT2D eigenvalue weighted by Gasteiger charge is 2.31. The van der Waals surface area contributed by atoms with Gasteiger partial charge >= 0.3 is 6.09 Å². The monoisotopic (exact) mass is 620 g/mol. The van der Waals surface area contributed by atoms with Crippen LogP contribution in [-0.2, 0) is 9.47 Å². The predicted molar refractivity (Wildman–Crippen MR) is 172 cm³/mol. The van der Waals surface area contributed by atoms with Crippen molar-refractivity contribution < 1.29 is 19.1 Å². The van der Waals surface area contributed by atoms with Crippen LogP contribution in [0, 0.1) is 13.8 Å². The molecule has 2 amide bonds. The molecule has 234 valence electrons. The molecule has 0 aliphatic carbocycles. The maximum atomic E-state index is 13.0. The molecule has 0 saturated carbocycles. The average molecular weight is 621 g/mol. The van der Waals surface area contributed by atoms with Crippen LogP contribution in [0.15, 0.2) is 36.5 Å². The van der Waals surface area contributed by atoms with Gasteiger partial charge in [0.25, 0.3) is 5.91 Å². The highest BCUT2D eigenvalue weighted by molar-refractivity contribution is 6.36. The Hall–Kier alpha value is -3.89. The summed E-state index contributed by atoms with van der Waals surface area (Å²) in [6, 6.07) is 9.64. The molecule has 1 aliphatic rings. The first-order valence-corrected chi connectivity index (χ1v) is 15.3. The minimum Gasteiger partial charge on any atom is -0.444 e. The van der Waals surface area contributed by atoms with E-state index < -0.39 is 5.60 Å². The van der Waals surface area contributed by atoms with Gasteiger partial charge in [0.1, 0.15) is 11.3 Å². The van der Waals surface area contributed by atoms with Crippen LogP contribution in [0.25, 0.3) is 33.3 Å². The molecule has 10 nitrogen and oxygen atoms in total. The number of methoxy groups -OCH3 is 1. The number of amides is 2. The fourth-order valence-corrected chi connectivity index (χ4v) is 6.01. The number of aromatic amines is 1. The first-order valence-electron chi connectivity index (χ1n) is 14.9. The molecule has 5 rings (SSSR count). The Kier molecular flexibility index (Phi) is 9.04. The van der Waals surface area contributed by atoms with Crippen molar-refractivity contribution in [2.24, 2.45) is 0 Å². The van der Waals surface area contributed by atoms with Crippen molar-refractivity contribution in [1.29, 1.82) is 0 Å². The second-order valence-corrected chi connectivity index (χ2v) is 12.8. The van der Waals surface area contributed by atoms with Gasteiger partial charge in [0, 0.05) is 67.1 Å². The Morgan fingerprint density at radius 3 is 2.43 bits per heavy atom. The van der Waals surface area contributed by atoms with Gasteiger partial charge in [-0.3, -0.25) is 14.6 Å². The van der Waals surface area contributed by atoms with Crippen LogP contribution >= 0.6 is 11.6 Å². The van der Waals surface area contributed by atoms with Gasteiger partial charge in [0.2, 0.25) is 0 Å². The molecule has 0 atom stereocenters. The number of carbonyl (C=O) groups excluding carboxylic acids is 2. The molecule has 11 heteroatoms. The van der Waals surface area contributed by atoms with Crippen LogP contribution < -0.4 is 0 Å². The predicted octanol–water partition coefficient (Wildman–Crippen LogP) is 6.65. The van der Waals surface area contributed by atoms with E-state index >= 15 is 0 Å². The number of rotatable bonds is 7. The Morgan fingerprint density at radius 2 is 1.80 bits per heavy atom. The largest absolute Gasteiger partial charge is 0.444 e. The highest BCUT2D eigenvalue weighted by Crippen LogP contribution is 2.44. The number of nitrogens with one attached hydrogen (secondary N) is 1. The smallest absolute Gasteiger partial charge is 0.410 e. The number of carbonyl (C=O) groups is 2. The molecular formula is C33H41ClN6O4. The van der Waals surface area contributed by atoms with Crippen molar-refractivity contribution in [1.82, 2.24) is 29.8 Å². The Bertz CT molecular complexity index is 1660. The maximum Gasteiger partial charge on any atom is 0.410 e. The van der Waals surface area contributed by atoms with Gasteiger partial charge in [-0.25, -0.2) is 4.79 Å². The summed E-state index contributed by atoms with van der Waals surface area (Å²) in [7, 11) is 3.39. The summed E-state index contributed by atoms with van der Waals surface area (Å²) in [6.07, 6.45) is 2.99. The van der Waals surface area contributed by atoms with Gasteiger partial charge in [-0.2, -0.15) is 10.2 Å². The number of ether oxygens (including phenoxy) is 2. The number of hydrogen-bond acceptors (Lipinski definition) is 6. The van der Waals surface area contributed by atoms with Crippen molar-refractivity contribution >= 4 is 34.5 Å². The first kappa shape index (κ1) is 31.5. The molecule has 0 radical (unpaired) electrons. The molecule has 0 bridgehead atoms. The van der Waals surface area contributed by atoms with E-state index in [0.29, 0.717) is 36.8 Å². The minimum absolute atomic E-state index is 0.0749. The summed E-state index contributed by atoms with van der Waals surface area (Å²) >= 11 is 7.04. The van der Waals surface area contributed by atoms with Crippen LogP contribution in [0.2, 0.25) is 5.02 Å². The molecule has 4 aromatic rings. The summed E-state index contributed by atoms with van der Waals surface area (Å²) in [6.45, 7) is 11.8. The molecule has 1 fully saturated rings. The van der Waals surface area contributed by atoms with Crippen molar-refractivity contribution in [2.75, 3.05) is 40.4 Å². The van der Waals surface area contributed by atoms with E-state index in [4.69, 9.17) is 26.2 Å². The number of fused-ring (bicyclic) bond motifs is 1. The summed E-state index contributed by atoms with van der Waals surface area (Å²) < 4.78 is 12.8. The van der Waals surface area contributed by atoms with Gasteiger partial charge in [-0.1, -0.05) is 23.7 Å². The normalized spacial score (nSPS) is 14.3. The molecule has 1 N–H and O–H groups in total. The quantitative estimate of drug-likeness (QED) is 0.248. The van der Waals surface area contributed by atoms with E-state index in [1.165, 1.54) is 0 Å². The lowest BCUT2D eigenvalue weighted by Crippen LogP contribution is -2.42. The Balaban J connectivity index is 1.54. The van der Waals surface area contributed by atoms with Crippen molar-refractivity contribution in [2.45, 2.75) is 59.1 Å². The Morgan fingerprint density at radius 1 is 1.11 bits per heavy atom. The van der Waals surface area contributed by atoms with Crippen LogP contribution in [0.1, 0.15) is 61.3 Å². The fourth-order valence-electron chi connectivity index (χ4n) is 5.76. The van der Waals surface area contributed by atoms with Gasteiger partial charge in [0.15, 0.2) is 0 Å². The zero-order chi connectivity index (χ0) is 31.8. The number of benzene rings is 2. The lowest BCUT2D eigenvalue weighted by molar-refractivity contribution is 0.0184. The molecule has 0 spiro atoms. The van der Waals surface area contributed by atoms with Crippen molar-refractivity contribution in [3.05, 3.63) is 58.4 Å².